The number of hydrogen-bond donors (Lipinski definition) is 2. The van der Waals surface area contributed by atoms with Crippen molar-refractivity contribution in [2.45, 2.75) is 80.0 Å². The highest BCUT2D eigenvalue weighted by atomic mass is 127. The molecule has 0 radical (unpaired) electrons. The Morgan fingerprint density at radius 1 is 1.08 bits per heavy atom. The number of fused-ring (bicyclic) bond motifs is 4. The zero-order valence-electron chi connectivity index (χ0n) is 28.8. The van der Waals surface area contributed by atoms with Crippen LogP contribution in [-0.2, 0) is 15.0 Å². The van der Waals surface area contributed by atoms with Gasteiger partial charge in [0.15, 0.2) is 11.6 Å². The van der Waals surface area contributed by atoms with Gasteiger partial charge in [-0.25, -0.2) is 14.4 Å². The lowest BCUT2D eigenvalue weighted by atomic mass is 9.73. The van der Waals surface area contributed by atoms with E-state index in [1.165, 1.54) is 45.2 Å². The molecule has 266 valence electrons. The minimum absolute atomic E-state index is 0.0724. The van der Waals surface area contributed by atoms with E-state index in [2.05, 4.69) is 61.7 Å². The molecule has 4 fully saturated rings. The summed E-state index contributed by atoms with van der Waals surface area (Å²) in [5, 5.41) is 13.2. The van der Waals surface area contributed by atoms with Crippen molar-refractivity contribution in [2.75, 3.05) is 36.4 Å². The number of aliphatic hydroxyl groups is 1. The Kier molecular flexibility index (Phi) is 8.11. The van der Waals surface area contributed by atoms with Crippen LogP contribution in [0.15, 0.2) is 49.1 Å². The third kappa shape index (κ3) is 5.35. The lowest BCUT2D eigenvalue weighted by molar-refractivity contribution is -0.142. The number of piperidine rings is 1. The van der Waals surface area contributed by atoms with Gasteiger partial charge in [-0.2, -0.15) is 0 Å². The first-order chi connectivity index (χ1) is 24.6. The number of imidazole rings is 1. The molecule has 9 rings (SSSR count). The summed E-state index contributed by atoms with van der Waals surface area (Å²) in [4.78, 5) is 47.6. The van der Waals surface area contributed by atoms with Gasteiger partial charge in [0.05, 0.1) is 38.9 Å². The maximum absolute atomic E-state index is 14.8. The second kappa shape index (κ2) is 12.5. The summed E-state index contributed by atoms with van der Waals surface area (Å²) >= 11 is 2.32. The number of nitrogens with zero attached hydrogens (tertiary/aromatic N) is 7. The van der Waals surface area contributed by atoms with Crippen molar-refractivity contribution in [3.63, 3.8) is 0 Å². The molecule has 6 heterocycles. The molecule has 13 heteroatoms. The van der Waals surface area contributed by atoms with Crippen molar-refractivity contribution < 1.29 is 19.1 Å². The number of aromatic nitrogens is 4. The number of amides is 2. The zero-order valence-corrected chi connectivity index (χ0v) is 31.0. The Bertz CT molecular complexity index is 2030. The molecule has 3 aliphatic heterocycles. The number of aliphatic hydroxyl groups excluding tert-OH is 1. The fourth-order valence-electron chi connectivity index (χ4n) is 9.30. The van der Waals surface area contributed by atoms with Crippen molar-refractivity contribution in [1.82, 2.24) is 29.3 Å². The Morgan fingerprint density at radius 3 is 2.49 bits per heavy atom. The van der Waals surface area contributed by atoms with E-state index in [1.807, 2.05) is 16.7 Å². The maximum Gasteiger partial charge on any atom is 0.251 e. The second-order valence-corrected chi connectivity index (χ2v) is 17.1. The van der Waals surface area contributed by atoms with Crippen LogP contribution in [0.25, 0.3) is 22.3 Å². The van der Waals surface area contributed by atoms with Crippen LogP contribution < -0.4 is 10.2 Å². The van der Waals surface area contributed by atoms with E-state index < -0.39 is 17.3 Å². The van der Waals surface area contributed by atoms with E-state index in [0.29, 0.717) is 43.5 Å². The van der Waals surface area contributed by atoms with Gasteiger partial charge < -0.3 is 24.8 Å². The normalized spacial score (nSPS) is 26.5. The number of alkyl halides is 1. The number of carbonyl (C=O) groups excluding carboxylic acids is 2. The van der Waals surface area contributed by atoms with Gasteiger partial charge in [0.1, 0.15) is 11.6 Å². The molecule has 51 heavy (non-hydrogen) atoms. The van der Waals surface area contributed by atoms with E-state index in [1.54, 1.807) is 17.3 Å². The first-order valence-electron chi connectivity index (χ1n) is 18.2. The summed E-state index contributed by atoms with van der Waals surface area (Å²) in [6, 6.07) is 10.4. The van der Waals surface area contributed by atoms with Crippen LogP contribution in [0, 0.1) is 17.7 Å². The number of nitrogens with one attached hydrogen (secondary N) is 1. The molecule has 1 spiro atoms. The largest absolute Gasteiger partial charge is 0.384 e. The molecule has 4 atom stereocenters. The van der Waals surface area contributed by atoms with E-state index in [9.17, 15) is 19.1 Å². The SMILES string of the molecule is CC(I)n1cnc2cc(-c3ccc4c(c3)N(C3CC(N5C[C@H]6CC[C@H]6C5)C3)C(=O)C43CCN(C(=O)[C@@H](C)O)CC3)nc(Nc3ccncc3F)c21. The third-order valence-electron chi connectivity index (χ3n) is 12.4. The number of likely N-dealkylation sites (tertiary alicyclic amines) is 2. The van der Waals surface area contributed by atoms with E-state index in [-0.39, 0.29) is 27.6 Å². The highest BCUT2D eigenvalue weighted by molar-refractivity contribution is 14.1. The summed E-state index contributed by atoms with van der Waals surface area (Å²) in [5.74, 6) is 1.53. The molecule has 2 N–H and O–H groups in total. The molecule has 5 aliphatic rings. The molecular formula is C38H42FIN8O3. The lowest BCUT2D eigenvalue weighted by Crippen LogP contribution is -2.58. The lowest BCUT2D eigenvalue weighted by Gasteiger charge is -2.46. The fourth-order valence-corrected chi connectivity index (χ4v) is 9.72. The molecule has 1 unspecified atom stereocenters. The monoisotopic (exact) mass is 804 g/mol. The average molecular weight is 805 g/mol. The van der Waals surface area contributed by atoms with Crippen LogP contribution in [0.5, 0.6) is 0 Å². The van der Waals surface area contributed by atoms with E-state index in [4.69, 9.17) is 9.97 Å². The first-order valence-corrected chi connectivity index (χ1v) is 19.4. The number of halogens is 2. The van der Waals surface area contributed by atoms with Crippen LogP contribution in [0.1, 0.15) is 62.0 Å². The molecule has 2 saturated carbocycles. The molecule has 2 amide bonds. The highest BCUT2D eigenvalue weighted by Crippen LogP contribution is 2.53. The van der Waals surface area contributed by atoms with Crippen molar-refractivity contribution in [2.24, 2.45) is 11.8 Å². The molecular weight excluding hydrogens is 762 g/mol. The topological polar surface area (TPSA) is 120 Å². The van der Waals surface area contributed by atoms with Crippen molar-refractivity contribution in [3.8, 4) is 11.3 Å². The zero-order chi connectivity index (χ0) is 35.2. The number of benzene rings is 1. The third-order valence-corrected chi connectivity index (χ3v) is 13.0. The van der Waals surface area contributed by atoms with E-state index in [0.717, 1.165) is 52.5 Å². The molecule has 2 saturated heterocycles. The van der Waals surface area contributed by atoms with Gasteiger partial charge in [-0.15, -0.1) is 0 Å². The molecule has 11 nitrogen and oxygen atoms in total. The number of pyridine rings is 2. The van der Waals surface area contributed by atoms with Crippen molar-refractivity contribution >= 4 is 62.6 Å². The van der Waals surface area contributed by atoms with Gasteiger partial charge in [0.2, 0.25) is 5.91 Å². The van der Waals surface area contributed by atoms with Crippen molar-refractivity contribution in [3.05, 3.63) is 60.4 Å². The average Bonchev–Trinajstić information content (AvgIpc) is 3.73. The standard InChI is InChI=1S/C38H42FIN8O3/c1-21(49)36(50)45-11-8-38(9-12-45)28-6-5-23(13-33(28)48(37(38)51)27-14-26(15-27)46-18-24-3-4-25(24)19-46)31-16-32-34(47(20-42-32)22(2)40)35(44-31)43-30-7-10-41-17-29(30)39/h5-7,10,13,16-17,20-22,24-27,49H,3-4,8-9,11-12,14-15,18-19H2,1-2H3,(H,41,43,44)/t21-,22?,24-,25+,26?,27?/m1/s1. The summed E-state index contributed by atoms with van der Waals surface area (Å²) < 4.78 is 16.9. The molecule has 2 aliphatic carbocycles. The molecule has 0 bridgehead atoms. The van der Waals surface area contributed by atoms with E-state index >= 15 is 0 Å². The number of rotatable bonds is 7. The maximum atomic E-state index is 14.8. The first kappa shape index (κ1) is 33.2. The number of hydrogen-bond acceptors (Lipinski definition) is 8. The molecule has 4 aromatic rings. The van der Waals surface area contributed by atoms with Gasteiger partial charge in [-0.3, -0.25) is 19.5 Å². The summed E-state index contributed by atoms with van der Waals surface area (Å²) in [6.45, 7) is 6.77. The Morgan fingerprint density at radius 2 is 1.82 bits per heavy atom. The minimum Gasteiger partial charge on any atom is -0.384 e. The quantitative estimate of drug-likeness (QED) is 0.178. The van der Waals surface area contributed by atoms with Crippen molar-refractivity contribution in [1.29, 1.82) is 0 Å². The van der Waals surface area contributed by atoms with Gasteiger partial charge in [-0.05, 0) is 88.0 Å². The molecule has 1 aromatic carbocycles. The highest BCUT2D eigenvalue weighted by Gasteiger charge is 2.56. The predicted molar refractivity (Wildman–Crippen MR) is 200 cm³/mol. The van der Waals surface area contributed by atoms with Crippen LogP contribution >= 0.6 is 22.6 Å². The Hall–Kier alpha value is -3.69. The predicted octanol–water partition coefficient (Wildman–Crippen LogP) is 5.79. The summed E-state index contributed by atoms with van der Waals surface area (Å²) in [7, 11) is 0. The number of carbonyl (C=O) groups is 2. The molecule has 3 aromatic heterocycles. The number of anilines is 3. The van der Waals surface area contributed by atoms with Crippen LogP contribution in [0.2, 0.25) is 0 Å². The summed E-state index contributed by atoms with van der Waals surface area (Å²) in [6.07, 6.45) is 9.07. The van der Waals surface area contributed by atoms with Gasteiger partial charge >= 0.3 is 0 Å². The van der Waals surface area contributed by atoms with Crippen LogP contribution in [0.4, 0.5) is 21.6 Å². The smallest absolute Gasteiger partial charge is 0.251 e. The van der Waals surface area contributed by atoms with Gasteiger partial charge in [-0.1, -0.05) is 34.7 Å². The van der Waals surface area contributed by atoms with Gasteiger partial charge in [0.25, 0.3) is 5.91 Å². The second-order valence-electron chi connectivity index (χ2n) is 15.3. The van der Waals surface area contributed by atoms with Crippen LogP contribution in [-0.4, -0.2) is 90.6 Å². The Labute approximate surface area is 309 Å². The Balaban J connectivity index is 1.09. The summed E-state index contributed by atoms with van der Waals surface area (Å²) in [5.41, 5.74) is 4.46. The fraction of sp³-hybridized carbons (Fsp3) is 0.500. The van der Waals surface area contributed by atoms with Gasteiger partial charge in [0, 0.05) is 55.7 Å². The van der Waals surface area contributed by atoms with Crippen LogP contribution in [0.3, 0.4) is 0 Å². The minimum atomic E-state index is -1.07.